The maximum Gasteiger partial charge on any atom is 0.491 e. The number of amidine groups is 1. The van der Waals surface area contributed by atoms with Crippen LogP contribution in [0.15, 0.2) is 84.9 Å². The summed E-state index contributed by atoms with van der Waals surface area (Å²) in [6.07, 6.45) is -5.28. The van der Waals surface area contributed by atoms with Crippen LogP contribution >= 0.6 is 0 Å². The van der Waals surface area contributed by atoms with E-state index in [0.29, 0.717) is 28.1 Å². The van der Waals surface area contributed by atoms with Gasteiger partial charge in [0.25, 0.3) is 5.91 Å². The summed E-state index contributed by atoms with van der Waals surface area (Å²) in [5, 5.41) is 10.5. The Hall–Kier alpha value is -4.86. The molecule has 0 atom stereocenters. The van der Waals surface area contributed by atoms with Crippen molar-refractivity contribution in [2.24, 2.45) is 5.73 Å². The lowest BCUT2D eigenvalue weighted by atomic mass is 10.0. The molecule has 0 aliphatic rings. The van der Waals surface area contributed by atoms with Gasteiger partial charge in [-0.05, 0) is 47.9 Å². The second kappa shape index (κ2) is 9.79. The second-order valence-corrected chi connectivity index (χ2v) is 7.58. The number of anilines is 1. The van der Waals surface area contributed by atoms with Gasteiger partial charge in [0, 0.05) is 22.7 Å². The number of hydrogen-bond acceptors (Lipinski definition) is 5. The van der Waals surface area contributed by atoms with Crippen molar-refractivity contribution in [3.8, 4) is 17.2 Å². The zero-order valence-corrected chi connectivity index (χ0v) is 18.4. The molecule has 0 fully saturated rings. The Labute approximate surface area is 202 Å². The first-order chi connectivity index (χ1) is 17.1. The van der Waals surface area contributed by atoms with Gasteiger partial charge in [0.2, 0.25) is 0 Å². The fourth-order valence-electron chi connectivity index (χ4n) is 3.37. The summed E-state index contributed by atoms with van der Waals surface area (Å²) in [7, 11) is 0. The number of alkyl halides is 3. The fraction of sp³-hybridized carbons (Fsp3) is 0.0385. The normalized spacial score (nSPS) is 11.1. The first-order valence-corrected chi connectivity index (χ1v) is 10.5. The third-order valence-corrected chi connectivity index (χ3v) is 5.02. The van der Waals surface area contributed by atoms with Crippen molar-refractivity contribution < 1.29 is 32.2 Å². The molecule has 4 aromatic carbocycles. The molecule has 0 aliphatic heterocycles. The molecule has 0 saturated heterocycles. The van der Waals surface area contributed by atoms with Gasteiger partial charge in [-0.3, -0.25) is 10.2 Å². The molecule has 0 saturated carbocycles. The van der Waals surface area contributed by atoms with E-state index < -0.39 is 23.8 Å². The van der Waals surface area contributed by atoms with Crippen LogP contribution in [0.3, 0.4) is 0 Å². The van der Waals surface area contributed by atoms with Crippen molar-refractivity contribution in [1.82, 2.24) is 0 Å². The van der Waals surface area contributed by atoms with Crippen LogP contribution in [0.2, 0.25) is 0 Å². The molecule has 0 bridgehead atoms. The van der Waals surface area contributed by atoms with Crippen molar-refractivity contribution in [3.63, 3.8) is 0 Å². The Kier molecular flexibility index (Phi) is 6.60. The Morgan fingerprint density at radius 2 is 1.58 bits per heavy atom. The standard InChI is InChI=1S/C26H18F3N3O4/c27-26(28,29)25(34)36-22-20-11-10-16(23(30)31)13-15(20)9-12-21(22)24(33)32-17-5-4-8-19(14-17)35-18-6-2-1-3-7-18/h1-14H,(H3,30,31)(H,32,33). The monoisotopic (exact) mass is 493 g/mol. The van der Waals surface area contributed by atoms with Crippen molar-refractivity contribution in [3.05, 3.63) is 96.1 Å². The fourth-order valence-corrected chi connectivity index (χ4v) is 3.37. The van der Waals surface area contributed by atoms with Gasteiger partial charge in [-0.15, -0.1) is 0 Å². The smallest absolute Gasteiger partial charge is 0.457 e. The molecule has 4 aromatic rings. The van der Waals surface area contributed by atoms with Gasteiger partial charge in [-0.25, -0.2) is 4.79 Å². The average Bonchev–Trinajstić information content (AvgIpc) is 2.84. The predicted octanol–water partition coefficient (Wildman–Crippen LogP) is 5.64. The summed E-state index contributed by atoms with van der Waals surface area (Å²) in [5.41, 5.74) is 5.79. The molecular formula is C26H18F3N3O4. The largest absolute Gasteiger partial charge is 0.491 e. The lowest BCUT2D eigenvalue weighted by molar-refractivity contribution is -0.189. The number of nitrogen functional groups attached to an aromatic ring is 1. The third-order valence-electron chi connectivity index (χ3n) is 5.02. The van der Waals surface area contributed by atoms with Crippen LogP contribution in [0.5, 0.6) is 17.2 Å². The maximum atomic E-state index is 13.1. The number of nitrogens with two attached hydrogens (primary N) is 1. The number of amides is 1. The predicted molar refractivity (Wildman–Crippen MR) is 128 cm³/mol. The highest BCUT2D eigenvalue weighted by Gasteiger charge is 2.42. The van der Waals surface area contributed by atoms with E-state index >= 15 is 0 Å². The molecule has 0 spiro atoms. The van der Waals surface area contributed by atoms with Gasteiger partial charge in [0.1, 0.15) is 17.3 Å². The van der Waals surface area contributed by atoms with Gasteiger partial charge in [0.15, 0.2) is 5.75 Å². The molecule has 0 aliphatic carbocycles. The lowest BCUT2D eigenvalue weighted by Crippen LogP contribution is -2.29. The van der Waals surface area contributed by atoms with Crippen LogP contribution < -0.4 is 20.5 Å². The number of carbonyl (C=O) groups excluding carboxylic acids is 2. The number of halogens is 3. The van der Waals surface area contributed by atoms with Crippen molar-refractivity contribution >= 4 is 34.2 Å². The number of ether oxygens (including phenoxy) is 2. The van der Waals surface area contributed by atoms with Gasteiger partial charge >= 0.3 is 12.1 Å². The Morgan fingerprint density at radius 3 is 2.28 bits per heavy atom. The minimum atomic E-state index is -5.28. The summed E-state index contributed by atoms with van der Waals surface area (Å²) in [4.78, 5) is 24.7. The van der Waals surface area contributed by atoms with Gasteiger partial charge < -0.3 is 20.5 Å². The Bertz CT molecular complexity index is 1470. The molecule has 0 radical (unpaired) electrons. The molecule has 4 N–H and O–H groups in total. The molecular weight excluding hydrogens is 475 g/mol. The van der Waals surface area contributed by atoms with E-state index in [1.165, 1.54) is 36.4 Å². The van der Waals surface area contributed by atoms with Crippen LogP contribution in [0, 0.1) is 5.41 Å². The summed E-state index contributed by atoms with van der Waals surface area (Å²) >= 11 is 0. The molecule has 10 heteroatoms. The highest BCUT2D eigenvalue weighted by atomic mass is 19.4. The van der Waals surface area contributed by atoms with Crippen molar-refractivity contribution in [1.29, 1.82) is 5.41 Å². The van der Waals surface area contributed by atoms with E-state index in [1.54, 1.807) is 42.5 Å². The number of benzene rings is 4. The van der Waals surface area contributed by atoms with E-state index in [2.05, 4.69) is 10.1 Å². The summed E-state index contributed by atoms with van der Waals surface area (Å²) < 4.78 is 49.3. The number of rotatable bonds is 6. The first kappa shape index (κ1) is 24.3. The third kappa shape index (κ3) is 5.44. The minimum absolute atomic E-state index is 0.0615. The van der Waals surface area contributed by atoms with Crippen LogP contribution in [0.1, 0.15) is 15.9 Å². The number of nitrogens with one attached hydrogen (secondary N) is 2. The molecule has 1 amide bonds. The van der Waals surface area contributed by atoms with Gasteiger partial charge in [-0.1, -0.05) is 36.4 Å². The SMILES string of the molecule is N=C(N)c1ccc2c(OC(=O)C(F)(F)F)c(C(=O)Nc3cccc(Oc4ccccc4)c3)ccc2c1. The van der Waals surface area contributed by atoms with Crippen LogP contribution in [-0.2, 0) is 4.79 Å². The van der Waals surface area contributed by atoms with Crippen molar-refractivity contribution in [2.45, 2.75) is 6.18 Å². The average molecular weight is 493 g/mol. The number of esters is 1. The van der Waals surface area contributed by atoms with Crippen LogP contribution in [0.4, 0.5) is 18.9 Å². The van der Waals surface area contributed by atoms with Crippen molar-refractivity contribution in [2.75, 3.05) is 5.32 Å². The van der Waals surface area contributed by atoms with Crippen LogP contribution in [0.25, 0.3) is 10.8 Å². The van der Waals surface area contributed by atoms with Gasteiger partial charge in [-0.2, -0.15) is 13.2 Å². The van der Waals surface area contributed by atoms with Crippen LogP contribution in [-0.4, -0.2) is 23.9 Å². The number of para-hydroxylation sites is 1. The second-order valence-electron chi connectivity index (χ2n) is 7.58. The quantitative estimate of drug-likeness (QED) is 0.139. The number of carbonyl (C=O) groups is 2. The molecule has 7 nitrogen and oxygen atoms in total. The number of hydrogen-bond donors (Lipinski definition) is 3. The first-order valence-electron chi connectivity index (χ1n) is 10.5. The Morgan fingerprint density at radius 1 is 0.861 bits per heavy atom. The molecule has 0 heterocycles. The topological polar surface area (TPSA) is 115 Å². The van der Waals surface area contributed by atoms with E-state index in [-0.39, 0.29) is 16.8 Å². The lowest BCUT2D eigenvalue weighted by Gasteiger charge is -2.15. The van der Waals surface area contributed by atoms with E-state index in [0.717, 1.165) is 0 Å². The zero-order chi connectivity index (χ0) is 25.9. The summed E-state index contributed by atoms with van der Waals surface area (Å²) in [5.74, 6) is -3.13. The highest BCUT2D eigenvalue weighted by Crippen LogP contribution is 2.33. The molecule has 4 rings (SSSR count). The zero-order valence-electron chi connectivity index (χ0n) is 18.4. The minimum Gasteiger partial charge on any atom is -0.457 e. The Balaban J connectivity index is 1.68. The van der Waals surface area contributed by atoms with E-state index in [4.69, 9.17) is 15.9 Å². The molecule has 182 valence electrons. The number of fused-ring (bicyclic) bond motifs is 1. The van der Waals surface area contributed by atoms with E-state index in [1.807, 2.05) is 6.07 Å². The summed E-state index contributed by atoms with van der Waals surface area (Å²) in [6, 6.07) is 22.1. The molecule has 0 unspecified atom stereocenters. The van der Waals surface area contributed by atoms with Gasteiger partial charge in [0.05, 0.1) is 5.56 Å². The molecule has 0 aromatic heterocycles. The summed E-state index contributed by atoms with van der Waals surface area (Å²) in [6.45, 7) is 0. The maximum absolute atomic E-state index is 13.1. The van der Waals surface area contributed by atoms with E-state index in [9.17, 15) is 22.8 Å². The molecule has 36 heavy (non-hydrogen) atoms. The highest BCUT2D eigenvalue weighted by molar-refractivity contribution is 6.11.